The van der Waals surface area contributed by atoms with Crippen LogP contribution in [0.3, 0.4) is 0 Å². The molecular weight excluding hydrogens is 1100 g/mol. The molecule has 1 saturated carbocycles. The molecule has 88 heavy (non-hydrogen) atoms. The Kier molecular flexibility index (Phi) is 19.6. The minimum atomic E-state index is -1.90. The van der Waals surface area contributed by atoms with Crippen LogP contribution in [0.15, 0.2) is 139 Å². The van der Waals surface area contributed by atoms with Crippen LogP contribution in [0, 0.1) is 53.3 Å². The number of aliphatic hydroxyl groups is 4. The number of ether oxygens (including phenoxy) is 1. The van der Waals surface area contributed by atoms with Gasteiger partial charge in [0.2, 0.25) is 0 Å². The van der Waals surface area contributed by atoms with E-state index in [2.05, 4.69) is 89.1 Å². The van der Waals surface area contributed by atoms with Gasteiger partial charge < -0.3 is 61.4 Å². The summed E-state index contributed by atoms with van der Waals surface area (Å²) in [5, 5.41) is 92.5. The van der Waals surface area contributed by atoms with Gasteiger partial charge in [0.1, 0.15) is 17.3 Å². The molecule has 6 aromatic rings. The third-order valence-corrected chi connectivity index (χ3v) is 19.7. The fourth-order valence-electron chi connectivity index (χ4n) is 15.0. The van der Waals surface area contributed by atoms with Crippen LogP contribution < -0.4 is 20.7 Å². The highest BCUT2D eigenvalue weighted by atomic mass is 16.5. The zero-order chi connectivity index (χ0) is 61.6. The molecule has 3 heterocycles. The third-order valence-electron chi connectivity index (χ3n) is 19.7. The number of rotatable bonds is 8. The first-order valence-corrected chi connectivity index (χ1v) is 31.8. The van der Waals surface area contributed by atoms with Crippen LogP contribution in [-0.2, 0) is 35.3 Å². The Bertz CT molecular complexity index is 3650. The first kappa shape index (κ1) is 62.0. The molecule has 0 radical (unpaired) electrons. The summed E-state index contributed by atoms with van der Waals surface area (Å²) in [6.07, 6.45) is 12.6. The molecule has 0 saturated heterocycles. The molecule has 0 spiro atoms. The van der Waals surface area contributed by atoms with Gasteiger partial charge in [-0.15, -0.1) is 0 Å². The number of aliphatic hydroxyl groups excluding tert-OH is 4. The summed E-state index contributed by atoms with van der Waals surface area (Å²) in [6.45, 7) is 5.67. The Morgan fingerprint density at radius 3 is 2.42 bits per heavy atom. The molecule has 0 unspecified atom stereocenters. The average Bonchev–Trinajstić information content (AvgIpc) is 1.20. The fraction of sp³-hybridized carbons (Fsp3) is 0.432. The maximum atomic E-state index is 15.4. The van der Waals surface area contributed by atoms with Gasteiger partial charge in [0.15, 0.2) is 29.2 Å². The first-order chi connectivity index (χ1) is 42.6. The van der Waals surface area contributed by atoms with Gasteiger partial charge in [-0.25, -0.2) is 0 Å². The standard InChI is InChI=1S/C74H86N4O10/c1-4-8-61-53-28-46(25-45-23-24-76-71(30-45)78-56-20-17-47-13-16-52(72(85)66(47)36-56)33-59(81)41-75-39-43(2)54-32-57(77-40-54)37-68(61)83)27-49-18-21-63(64-38-69(84)70(88-3)35-51(64)19-22-67(82)74(87)73(86)65(49)34-53)62-12-6-5-11-60(62)50-15-14-48(55(31-50)42-79)26-44-9-7-10-58(80)29-44/h5-7,9-17,20,23,29-30,32,35-36,38,40,43,46,48-50,53,55,59,61,63,65,68,74-81,83-85,87H,4,8,19,22,24-28,31,33-34,37,39,41-42H2,1-3H3/t43-,46-,48-,49-,50+,53-,55-,59-,61+,63+,65-,68+,74-/m0/s1. The number of aromatic amines is 1. The molecule has 5 aromatic carbocycles. The molecule has 14 heteroatoms. The van der Waals surface area contributed by atoms with E-state index in [1.165, 1.54) is 7.11 Å². The Hall–Kier alpha value is -7.64. The maximum Gasteiger partial charge on any atom is 0.173 e. The van der Waals surface area contributed by atoms with Crippen molar-refractivity contribution < 1.29 is 50.1 Å². The minimum Gasteiger partial charge on any atom is -0.508 e. The number of fused-ring (bicyclic) bond motifs is 9. The number of methoxy groups -OCH3 is 1. The average molecular weight is 1190 g/mol. The van der Waals surface area contributed by atoms with Crippen LogP contribution in [0.5, 0.6) is 23.0 Å². The van der Waals surface area contributed by atoms with Gasteiger partial charge in [-0.1, -0.05) is 105 Å². The molecule has 9 bridgehead atoms. The number of aryl methyl sites for hydroxylation is 1. The van der Waals surface area contributed by atoms with Gasteiger partial charge in [-0.3, -0.25) is 9.59 Å². The number of anilines is 1. The number of ketones is 2. The summed E-state index contributed by atoms with van der Waals surface area (Å²) >= 11 is 0. The Balaban J connectivity index is 1.01. The van der Waals surface area contributed by atoms with E-state index >= 15 is 4.79 Å². The Morgan fingerprint density at radius 2 is 1.61 bits per heavy atom. The number of hydrogen-bond donors (Lipinski definition) is 11. The lowest BCUT2D eigenvalue weighted by molar-refractivity contribution is -0.142. The van der Waals surface area contributed by atoms with Crippen LogP contribution in [0.25, 0.3) is 10.8 Å². The number of phenolic OH excluding ortho intramolecular Hbond substituents is 3. The van der Waals surface area contributed by atoms with Crippen molar-refractivity contribution in [3.8, 4) is 34.8 Å². The number of dihydropyridines is 1. The van der Waals surface area contributed by atoms with Crippen LogP contribution in [0.1, 0.15) is 128 Å². The number of allylic oxidation sites excluding steroid dienone is 4. The van der Waals surface area contributed by atoms with Crippen molar-refractivity contribution in [3.05, 3.63) is 184 Å². The number of H-pyrrole nitrogens is 1. The second kappa shape index (κ2) is 27.8. The Morgan fingerprint density at radius 1 is 0.784 bits per heavy atom. The molecule has 5 aliphatic rings. The summed E-state index contributed by atoms with van der Waals surface area (Å²) in [4.78, 5) is 33.3. The topological polar surface area (TPSA) is 237 Å². The lowest BCUT2D eigenvalue weighted by atomic mass is 9.72. The van der Waals surface area contributed by atoms with E-state index in [-0.39, 0.29) is 90.3 Å². The van der Waals surface area contributed by atoms with Crippen molar-refractivity contribution in [1.82, 2.24) is 15.6 Å². The highest BCUT2D eigenvalue weighted by Gasteiger charge is 2.44. The van der Waals surface area contributed by atoms with Crippen LogP contribution in [-0.4, -0.2) is 104 Å². The Labute approximate surface area is 516 Å². The van der Waals surface area contributed by atoms with Gasteiger partial charge in [0.25, 0.3) is 0 Å². The van der Waals surface area contributed by atoms with Crippen LogP contribution in [0.2, 0.25) is 0 Å². The second-order valence-corrected chi connectivity index (χ2v) is 25.8. The molecule has 462 valence electrons. The van der Waals surface area contributed by atoms with Crippen molar-refractivity contribution >= 4 is 28.0 Å². The van der Waals surface area contributed by atoms with E-state index in [4.69, 9.17) is 4.74 Å². The summed E-state index contributed by atoms with van der Waals surface area (Å²) < 4.78 is 5.66. The largest absolute Gasteiger partial charge is 0.508 e. The molecule has 11 N–H and O–H groups in total. The smallest absolute Gasteiger partial charge is 0.173 e. The van der Waals surface area contributed by atoms with Gasteiger partial charge in [0.05, 0.1) is 25.2 Å². The number of aromatic nitrogens is 1. The summed E-state index contributed by atoms with van der Waals surface area (Å²) in [6, 6.07) is 30.7. The minimum absolute atomic E-state index is 0.0275. The quantitative estimate of drug-likeness (QED) is 0.0387. The summed E-state index contributed by atoms with van der Waals surface area (Å²) in [5.41, 5.74) is 8.70. The molecule has 2 aliphatic heterocycles. The van der Waals surface area contributed by atoms with E-state index in [1.807, 2.05) is 60.8 Å². The van der Waals surface area contributed by atoms with E-state index in [1.54, 1.807) is 24.3 Å². The van der Waals surface area contributed by atoms with E-state index < -0.39 is 47.6 Å². The van der Waals surface area contributed by atoms with E-state index in [0.29, 0.717) is 93.1 Å². The highest BCUT2D eigenvalue weighted by molar-refractivity contribution is 6.06. The SMILES string of the molecule is CCC[C@@H]1[C@H]2C[C@@H](CC3=CCNC(=C3)Nc3ccc4ccc(c(O)c4c3)C[C@H](O)CNC[C@H](C)c3c[nH]c(c3)C[C@H]1O)C[C@@H]1C#C[C@H](c3ccccc3[C@@H]3C=C[C@@H](Cc4cccc(O)c4)[C@H](CO)C3)c3cc(O)c(OC)cc3CCC(=O)[C@H](O)C(=O)[C@H]1C2. The van der Waals surface area contributed by atoms with Crippen molar-refractivity contribution in [1.29, 1.82) is 0 Å². The number of phenols is 3. The predicted octanol–water partition coefficient (Wildman–Crippen LogP) is 10.5. The number of hydrogen-bond acceptors (Lipinski definition) is 13. The summed E-state index contributed by atoms with van der Waals surface area (Å²) in [5.74, 6) is 4.83. The van der Waals surface area contributed by atoms with Crippen LogP contribution >= 0.6 is 0 Å². The molecule has 3 aliphatic carbocycles. The van der Waals surface area contributed by atoms with Gasteiger partial charge in [-0.05, 0) is 185 Å². The molecule has 14 nitrogen and oxygen atoms in total. The third kappa shape index (κ3) is 14.1. The van der Waals surface area contributed by atoms with E-state index in [9.17, 15) is 40.5 Å². The predicted molar refractivity (Wildman–Crippen MR) is 343 cm³/mol. The number of carbonyl (C=O) groups is 2. The molecule has 1 aromatic heterocycles. The number of nitrogens with one attached hydrogen (secondary N) is 4. The van der Waals surface area contributed by atoms with Gasteiger partial charge in [0, 0.05) is 86.2 Å². The van der Waals surface area contributed by atoms with Crippen molar-refractivity contribution in [2.24, 2.45) is 41.4 Å². The molecule has 0 amide bonds. The van der Waals surface area contributed by atoms with Gasteiger partial charge >= 0.3 is 0 Å². The van der Waals surface area contributed by atoms with Crippen LogP contribution in [0.4, 0.5) is 5.69 Å². The molecule has 11 rings (SSSR count). The van der Waals surface area contributed by atoms with Crippen molar-refractivity contribution in [2.45, 2.75) is 127 Å². The zero-order valence-corrected chi connectivity index (χ0v) is 50.8. The van der Waals surface area contributed by atoms with Gasteiger partial charge in [-0.2, -0.15) is 0 Å². The second-order valence-electron chi connectivity index (χ2n) is 25.8. The monoisotopic (exact) mass is 1190 g/mol. The number of Topliss-reactive ketones (excluding diaryl/α,β-unsaturated/α-hetero) is 2. The number of benzene rings is 5. The molecule has 1 fully saturated rings. The number of carbonyl (C=O) groups excluding carboxylic acids is 2. The zero-order valence-electron chi connectivity index (χ0n) is 50.8. The lowest BCUT2D eigenvalue weighted by Crippen LogP contribution is -2.40. The summed E-state index contributed by atoms with van der Waals surface area (Å²) in [7, 11) is 1.47. The van der Waals surface area contributed by atoms with Crippen molar-refractivity contribution in [3.63, 3.8) is 0 Å². The van der Waals surface area contributed by atoms with E-state index in [0.717, 1.165) is 56.8 Å². The molecular formula is C74H86N4O10. The fourth-order valence-corrected chi connectivity index (χ4v) is 15.0. The number of aromatic hydroxyl groups is 3. The highest BCUT2D eigenvalue weighted by Crippen LogP contribution is 2.47. The number of β-amino-alcohol motifs (C(OH)–C–C–N with tert-alkyl or cyclic N) is 1. The normalized spacial score (nSPS) is 28.1. The molecule has 13 atom stereocenters. The maximum absolute atomic E-state index is 15.4. The van der Waals surface area contributed by atoms with Crippen molar-refractivity contribution in [2.75, 3.05) is 38.7 Å². The lowest BCUT2D eigenvalue weighted by Gasteiger charge is -2.33. The first-order valence-electron chi connectivity index (χ1n) is 31.8.